The van der Waals surface area contributed by atoms with Gasteiger partial charge < -0.3 is 10.1 Å². The van der Waals surface area contributed by atoms with Crippen LogP contribution in [0.3, 0.4) is 0 Å². The summed E-state index contributed by atoms with van der Waals surface area (Å²) < 4.78 is 5.62. The van der Waals surface area contributed by atoms with Crippen LogP contribution in [0.25, 0.3) is 0 Å². The highest BCUT2D eigenvalue weighted by Gasteiger charge is 2.15. The first kappa shape index (κ1) is 13.1. The third kappa shape index (κ3) is 4.78. The molecule has 0 unspecified atom stereocenters. The number of thioether (sulfide) groups is 1. The van der Waals surface area contributed by atoms with Crippen molar-refractivity contribution < 1.29 is 4.74 Å². The first-order valence-corrected chi connectivity index (χ1v) is 7.55. The first-order chi connectivity index (χ1) is 8.34. The van der Waals surface area contributed by atoms with Crippen LogP contribution in [0.4, 0.5) is 0 Å². The molecule has 0 bridgehead atoms. The second-order valence-electron chi connectivity index (χ2n) is 4.26. The summed E-state index contributed by atoms with van der Waals surface area (Å²) in [7, 11) is 0. The molecular formula is C13H18ClNOS. The Labute approximate surface area is 112 Å². The monoisotopic (exact) mass is 271 g/mol. The molecule has 1 aliphatic rings. The summed E-state index contributed by atoms with van der Waals surface area (Å²) in [5, 5.41) is 4.04. The van der Waals surface area contributed by atoms with Gasteiger partial charge in [-0.25, -0.2) is 0 Å². The molecule has 1 fully saturated rings. The zero-order valence-electron chi connectivity index (χ0n) is 9.82. The minimum absolute atomic E-state index is 0.752. The molecular weight excluding hydrogens is 254 g/mol. The summed E-state index contributed by atoms with van der Waals surface area (Å²) in [5.74, 6) is 4.28. The highest BCUT2D eigenvalue weighted by Crippen LogP contribution is 2.16. The molecule has 4 heteroatoms. The van der Waals surface area contributed by atoms with Crippen molar-refractivity contribution in [2.24, 2.45) is 5.92 Å². The van der Waals surface area contributed by atoms with E-state index in [2.05, 4.69) is 5.32 Å². The Balaban J connectivity index is 1.49. The number of nitrogens with one attached hydrogen (secondary N) is 1. The van der Waals surface area contributed by atoms with E-state index in [4.69, 9.17) is 16.3 Å². The van der Waals surface area contributed by atoms with Crippen LogP contribution in [0.2, 0.25) is 5.02 Å². The van der Waals surface area contributed by atoms with Crippen molar-refractivity contribution >= 4 is 23.4 Å². The molecule has 1 heterocycles. The number of hydrogen-bond donors (Lipinski definition) is 1. The van der Waals surface area contributed by atoms with Gasteiger partial charge in [-0.1, -0.05) is 11.6 Å². The van der Waals surface area contributed by atoms with Crippen molar-refractivity contribution in [3.63, 3.8) is 0 Å². The fraction of sp³-hybridized carbons (Fsp3) is 0.538. The average Bonchev–Trinajstić information content (AvgIpc) is 2.28. The zero-order valence-corrected chi connectivity index (χ0v) is 11.4. The quantitative estimate of drug-likeness (QED) is 0.770. The Kier molecular flexibility index (Phi) is 5.49. The number of benzene rings is 1. The molecule has 0 saturated carbocycles. The van der Waals surface area contributed by atoms with Crippen molar-refractivity contribution in [2.75, 3.05) is 31.2 Å². The summed E-state index contributed by atoms with van der Waals surface area (Å²) >= 11 is 7.83. The van der Waals surface area contributed by atoms with Crippen LogP contribution in [0.5, 0.6) is 5.75 Å². The molecule has 0 aliphatic carbocycles. The summed E-state index contributed by atoms with van der Waals surface area (Å²) in [6.07, 6.45) is 1.10. The molecule has 0 atom stereocenters. The van der Waals surface area contributed by atoms with E-state index in [1.54, 1.807) is 0 Å². The Morgan fingerprint density at radius 3 is 2.71 bits per heavy atom. The van der Waals surface area contributed by atoms with E-state index in [-0.39, 0.29) is 0 Å². The molecule has 0 radical (unpaired) electrons. The topological polar surface area (TPSA) is 21.3 Å². The van der Waals surface area contributed by atoms with Gasteiger partial charge in [0.25, 0.3) is 0 Å². The lowest BCUT2D eigenvalue weighted by Gasteiger charge is -2.26. The van der Waals surface area contributed by atoms with Crippen LogP contribution in [0.15, 0.2) is 24.3 Å². The third-order valence-electron chi connectivity index (χ3n) is 2.73. The summed E-state index contributed by atoms with van der Waals surface area (Å²) in [6, 6.07) is 7.54. The van der Waals surface area contributed by atoms with Crippen molar-refractivity contribution in [3.8, 4) is 5.75 Å². The van der Waals surface area contributed by atoms with Gasteiger partial charge in [-0.05, 0) is 61.2 Å². The Morgan fingerprint density at radius 2 is 2.06 bits per heavy atom. The molecule has 1 aromatic rings. The van der Waals surface area contributed by atoms with Gasteiger partial charge in [0.2, 0.25) is 0 Å². The van der Waals surface area contributed by atoms with Gasteiger partial charge in [-0.2, -0.15) is 11.8 Å². The van der Waals surface area contributed by atoms with Gasteiger partial charge in [0.05, 0.1) is 6.61 Å². The van der Waals surface area contributed by atoms with E-state index in [9.17, 15) is 0 Å². The maximum Gasteiger partial charge on any atom is 0.119 e. The summed E-state index contributed by atoms with van der Waals surface area (Å²) in [4.78, 5) is 0. The third-order valence-corrected chi connectivity index (χ3v) is 4.27. The van der Waals surface area contributed by atoms with Crippen molar-refractivity contribution in [3.05, 3.63) is 29.3 Å². The maximum absolute atomic E-state index is 5.80. The van der Waals surface area contributed by atoms with Crippen molar-refractivity contribution in [1.82, 2.24) is 5.32 Å². The molecule has 1 aromatic carbocycles. The second kappa shape index (κ2) is 7.14. The number of ether oxygens (including phenoxy) is 1. The Bertz CT molecular complexity index is 327. The van der Waals surface area contributed by atoms with Crippen molar-refractivity contribution in [1.29, 1.82) is 0 Å². The maximum atomic E-state index is 5.80. The molecule has 0 spiro atoms. The molecule has 1 saturated heterocycles. The standard InChI is InChI=1S/C13H18ClNOS/c14-12-2-4-13(5-3-12)16-6-1-7-17-10-11-8-15-9-11/h2-5,11,15H,1,6-10H2. The van der Waals surface area contributed by atoms with E-state index in [0.717, 1.165) is 29.7 Å². The lowest BCUT2D eigenvalue weighted by molar-refractivity contribution is 0.318. The molecule has 0 aromatic heterocycles. The number of hydrogen-bond acceptors (Lipinski definition) is 3. The van der Waals surface area contributed by atoms with E-state index in [1.165, 1.54) is 24.6 Å². The van der Waals surface area contributed by atoms with Gasteiger partial charge in [0.1, 0.15) is 5.75 Å². The van der Waals surface area contributed by atoms with Crippen LogP contribution in [0, 0.1) is 5.92 Å². The highest BCUT2D eigenvalue weighted by atomic mass is 35.5. The molecule has 17 heavy (non-hydrogen) atoms. The van der Waals surface area contributed by atoms with Crippen molar-refractivity contribution in [2.45, 2.75) is 6.42 Å². The highest BCUT2D eigenvalue weighted by molar-refractivity contribution is 7.99. The van der Waals surface area contributed by atoms with Crippen LogP contribution in [0.1, 0.15) is 6.42 Å². The van der Waals surface area contributed by atoms with Gasteiger partial charge >= 0.3 is 0 Å². The minimum atomic E-state index is 0.752. The Morgan fingerprint density at radius 1 is 1.29 bits per heavy atom. The van der Waals surface area contributed by atoms with E-state index in [1.807, 2.05) is 36.0 Å². The fourth-order valence-electron chi connectivity index (χ4n) is 1.60. The van der Waals surface area contributed by atoms with E-state index < -0.39 is 0 Å². The number of rotatable bonds is 7. The largest absolute Gasteiger partial charge is 0.494 e. The average molecular weight is 272 g/mol. The predicted octanol–water partition coefficient (Wildman–Crippen LogP) is 3.06. The molecule has 1 aliphatic heterocycles. The van der Waals surface area contributed by atoms with E-state index >= 15 is 0 Å². The van der Waals surface area contributed by atoms with Crippen LogP contribution in [-0.4, -0.2) is 31.2 Å². The van der Waals surface area contributed by atoms with Crippen LogP contribution in [-0.2, 0) is 0 Å². The zero-order chi connectivity index (χ0) is 11.9. The van der Waals surface area contributed by atoms with Crippen LogP contribution >= 0.6 is 23.4 Å². The molecule has 1 N–H and O–H groups in total. The van der Waals surface area contributed by atoms with Gasteiger partial charge in [-0.3, -0.25) is 0 Å². The van der Waals surface area contributed by atoms with Gasteiger partial charge in [0, 0.05) is 5.02 Å². The van der Waals surface area contributed by atoms with Gasteiger partial charge in [-0.15, -0.1) is 0 Å². The molecule has 0 amide bonds. The lowest BCUT2D eigenvalue weighted by atomic mass is 10.1. The second-order valence-corrected chi connectivity index (χ2v) is 5.84. The lowest BCUT2D eigenvalue weighted by Crippen LogP contribution is -2.43. The fourth-order valence-corrected chi connectivity index (χ4v) is 2.78. The predicted molar refractivity (Wildman–Crippen MR) is 75.2 cm³/mol. The van der Waals surface area contributed by atoms with E-state index in [0.29, 0.717) is 0 Å². The summed E-state index contributed by atoms with van der Waals surface area (Å²) in [6.45, 7) is 3.19. The molecule has 2 rings (SSSR count). The number of halogens is 1. The normalized spacial score (nSPS) is 15.6. The SMILES string of the molecule is Clc1ccc(OCCCSCC2CNC2)cc1. The minimum Gasteiger partial charge on any atom is -0.494 e. The smallest absolute Gasteiger partial charge is 0.119 e. The van der Waals surface area contributed by atoms with Gasteiger partial charge in [0.15, 0.2) is 0 Å². The van der Waals surface area contributed by atoms with Crippen LogP contribution < -0.4 is 10.1 Å². The summed E-state index contributed by atoms with van der Waals surface area (Å²) in [5.41, 5.74) is 0. The Hall–Kier alpha value is -0.380. The first-order valence-electron chi connectivity index (χ1n) is 6.01. The molecule has 94 valence electrons. The molecule has 2 nitrogen and oxygen atoms in total.